The highest BCUT2D eigenvalue weighted by molar-refractivity contribution is 5.57. The molecule has 0 aromatic heterocycles. The Morgan fingerprint density at radius 3 is 2.50 bits per heavy atom. The van der Waals surface area contributed by atoms with Crippen LogP contribution in [0.3, 0.4) is 0 Å². The van der Waals surface area contributed by atoms with Crippen LogP contribution in [0.1, 0.15) is 58.8 Å². The Hall–Kier alpha value is -0.330. The molecule has 102 valence electrons. The van der Waals surface area contributed by atoms with Gasteiger partial charge in [-0.25, -0.2) is 0 Å². The molecule has 3 aliphatic carbocycles. The van der Waals surface area contributed by atoms with Crippen LogP contribution in [-0.4, -0.2) is 6.21 Å². The van der Waals surface area contributed by atoms with Crippen molar-refractivity contribution in [1.29, 1.82) is 5.41 Å². The Morgan fingerprint density at radius 2 is 1.78 bits per heavy atom. The zero-order valence-corrected chi connectivity index (χ0v) is 12.1. The van der Waals surface area contributed by atoms with Crippen LogP contribution in [0.5, 0.6) is 0 Å². The van der Waals surface area contributed by atoms with Crippen molar-refractivity contribution in [2.45, 2.75) is 58.8 Å². The molecule has 0 aromatic rings. The average molecular weight is 247 g/mol. The predicted octanol–water partition coefficient (Wildman–Crippen LogP) is 4.76. The first kappa shape index (κ1) is 12.7. The Morgan fingerprint density at radius 1 is 1.00 bits per heavy atom. The molecule has 0 heterocycles. The number of hydrogen-bond acceptors (Lipinski definition) is 1. The van der Waals surface area contributed by atoms with Gasteiger partial charge in [-0.1, -0.05) is 26.7 Å². The van der Waals surface area contributed by atoms with Gasteiger partial charge in [-0.15, -0.1) is 0 Å². The van der Waals surface area contributed by atoms with Crippen molar-refractivity contribution in [2.24, 2.45) is 41.4 Å². The van der Waals surface area contributed by atoms with Crippen LogP contribution in [0, 0.1) is 46.8 Å². The molecule has 0 saturated heterocycles. The summed E-state index contributed by atoms with van der Waals surface area (Å²) in [6, 6.07) is 0. The highest BCUT2D eigenvalue weighted by Crippen LogP contribution is 2.57. The van der Waals surface area contributed by atoms with Gasteiger partial charge in [-0.3, -0.25) is 0 Å². The topological polar surface area (TPSA) is 23.9 Å². The summed E-state index contributed by atoms with van der Waals surface area (Å²) in [4.78, 5) is 0. The third kappa shape index (κ3) is 1.85. The fourth-order valence-electron chi connectivity index (χ4n) is 5.90. The monoisotopic (exact) mass is 247 g/mol. The van der Waals surface area contributed by atoms with Gasteiger partial charge in [0, 0.05) is 0 Å². The SMILES string of the molecule is CCC1CCC2C(C=N)CCC3CCC(C)C1C32. The molecule has 0 amide bonds. The van der Waals surface area contributed by atoms with Crippen molar-refractivity contribution in [2.75, 3.05) is 0 Å². The fourth-order valence-corrected chi connectivity index (χ4v) is 5.90. The molecule has 7 unspecified atom stereocenters. The summed E-state index contributed by atoms with van der Waals surface area (Å²) in [5.74, 6) is 6.43. The van der Waals surface area contributed by atoms with Crippen molar-refractivity contribution < 1.29 is 0 Å². The van der Waals surface area contributed by atoms with Crippen molar-refractivity contribution in [3.05, 3.63) is 0 Å². The molecular weight excluding hydrogens is 218 g/mol. The van der Waals surface area contributed by atoms with Crippen LogP contribution in [0.2, 0.25) is 0 Å². The van der Waals surface area contributed by atoms with E-state index >= 15 is 0 Å². The number of rotatable bonds is 2. The van der Waals surface area contributed by atoms with Crippen LogP contribution < -0.4 is 0 Å². The van der Waals surface area contributed by atoms with Crippen molar-refractivity contribution in [3.8, 4) is 0 Å². The van der Waals surface area contributed by atoms with E-state index in [1.807, 2.05) is 0 Å². The van der Waals surface area contributed by atoms with Crippen LogP contribution in [0.25, 0.3) is 0 Å². The van der Waals surface area contributed by atoms with Gasteiger partial charge in [-0.2, -0.15) is 0 Å². The Balaban J connectivity index is 1.89. The summed E-state index contributed by atoms with van der Waals surface area (Å²) < 4.78 is 0. The first-order chi connectivity index (χ1) is 8.76. The summed E-state index contributed by atoms with van der Waals surface area (Å²) >= 11 is 0. The van der Waals surface area contributed by atoms with Gasteiger partial charge < -0.3 is 5.41 Å². The van der Waals surface area contributed by atoms with Gasteiger partial charge in [-0.05, 0) is 79.7 Å². The van der Waals surface area contributed by atoms with Gasteiger partial charge in [0.2, 0.25) is 0 Å². The zero-order valence-electron chi connectivity index (χ0n) is 12.1. The quantitative estimate of drug-likeness (QED) is 0.680. The molecule has 7 atom stereocenters. The maximum Gasteiger partial charge on any atom is -0.00139 e. The smallest absolute Gasteiger partial charge is 0.00139 e. The van der Waals surface area contributed by atoms with E-state index in [0.717, 1.165) is 35.5 Å². The van der Waals surface area contributed by atoms with Gasteiger partial charge >= 0.3 is 0 Å². The minimum absolute atomic E-state index is 0.622. The number of hydrogen-bond donors (Lipinski definition) is 1. The standard InChI is InChI=1S/C17H29N/c1-3-12-8-9-15-14(10-18)7-6-13-5-4-11(2)16(12)17(13)15/h10-18H,3-9H2,1-2H3. The third-order valence-corrected chi connectivity index (χ3v) is 6.71. The van der Waals surface area contributed by atoms with Crippen molar-refractivity contribution in [3.63, 3.8) is 0 Å². The second kappa shape index (κ2) is 4.98. The van der Waals surface area contributed by atoms with E-state index in [4.69, 9.17) is 5.41 Å². The normalized spacial score (nSPS) is 51.6. The first-order valence-electron chi connectivity index (χ1n) is 8.26. The molecule has 1 N–H and O–H groups in total. The van der Waals surface area contributed by atoms with Crippen LogP contribution >= 0.6 is 0 Å². The van der Waals surface area contributed by atoms with Crippen LogP contribution in [-0.2, 0) is 0 Å². The summed E-state index contributed by atoms with van der Waals surface area (Å²) in [7, 11) is 0. The average Bonchev–Trinajstić information content (AvgIpc) is 2.42. The molecule has 3 rings (SSSR count). The molecule has 0 spiro atoms. The third-order valence-electron chi connectivity index (χ3n) is 6.71. The maximum absolute atomic E-state index is 7.75. The summed E-state index contributed by atoms with van der Waals surface area (Å²) in [5, 5.41) is 7.75. The van der Waals surface area contributed by atoms with Gasteiger partial charge in [0.15, 0.2) is 0 Å². The van der Waals surface area contributed by atoms with Crippen LogP contribution in [0.4, 0.5) is 0 Å². The van der Waals surface area contributed by atoms with E-state index in [2.05, 4.69) is 13.8 Å². The number of nitrogens with one attached hydrogen (secondary N) is 1. The molecule has 3 aliphatic rings. The second-order valence-corrected chi connectivity index (χ2v) is 7.29. The molecule has 0 radical (unpaired) electrons. The van der Waals surface area contributed by atoms with E-state index in [9.17, 15) is 0 Å². The Bertz CT molecular complexity index is 311. The van der Waals surface area contributed by atoms with E-state index in [-0.39, 0.29) is 0 Å². The van der Waals surface area contributed by atoms with E-state index in [1.54, 1.807) is 6.21 Å². The lowest BCUT2D eigenvalue weighted by Gasteiger charge is -2.56. The van der Waals surface area contributed by atoms with E-state index in [1.165, 1.54) is 44.9 Å². The summed E-state index contributed by atoms with van der Waals surface area (Å²) in [5.41, 5.74) is 0. The molecular formula is C17H29N. The molecule has 18 heavy (non-hydrogen) atoms. The molecule has 1 heteroatoms. The minimum Gasteiger partial charge on any atom is -0.313 e. The molecule has 0 aliphatic heterocycles. The zero-order chi connectivity index (χ0) is 12.7. The summed E-state index contributed by atoms with van der Waals surface area (Å²) in [6.45, 7) is 4.91. The highest BCUT2D eigenvalue weighted by atomic mass is 14.6. The van der Waals surface area contributed by atoms with Gasteiger partial charge in [0.1, 0.15) is 0 Å². The van der Waals surface area contributed by atoms with Crippen molar-refractivity contribution >= 4 is 6.21 Å². The first-order valence-corrected chi connectivity index (χ1v) is 8.26. The molecule has 3 fully saturated rings. The largest absolute Gasteiger partial charge is 0.313 e. The predicted molar refractivity (Wildman–Crippen MR) is 76.9 cm³/mol. The lowest BCUT2D eigenvalue weighted by atomic mass is 9.49. The van der Waals surface area contributed by atoms with Gasteiger partial charge in [0.25, 0.3) is 0 Å². The summed E-state index contributed by atoms with van der Waals surface area (Å²) in [6.07, 6.45) is 11.7. The second-order valence-electron chi connectivity index (χ2n) is 7.29. The highest BCUT2D eigenvalue weighted by Gasteiger charge is 2.50. The molecule has 0 bridgehead atoms. The van der Waals surface area contributed by atoms with E-state index < -0.39 is 0 Å². The van der Waals surface area contributed by atoms with E-state index in [0.29, 0.717) is 5.92 Å². The van der Waals surface area contributed by atoms with Gasteiger partial charge in [0.05, 0.1) is 0 Å². The lowest BCUT2D eigenvalue weighted by molar-refractivity contribution is -0.0634. The molecule has 3 saturated carbocycles. The molecule has 0 aromatic carbocycles. The molecule has 1 nitrogen and oxygen atoms in total. The Labute approximate surface area is 112 Å². The minimum atomic E-state index is 0.622. The lowest BCUT2D eigenvalue weighted by Crippen LogP contribution is -2.50. The van der Waals surface area contributed by atoms with Crippen molar-refractivity contribution in [1.82, 2.24) is 0 Å². The maximum atomic E-state index is 7.75. The van der Waals surface area contributed by atoms with Crippen LogP contribution in [0.15, 0.2) is 0 Å². The Kier molecular flexibility index (Phi) is 3.51. The fraction of sp³-hybridized carbons (Fsp3) is 0.941.